The van der Waals surface area contributed by atoms with Crippen molar-refractivity contribution in [1.29, 1.82) is 0 Å². The highest BCUT2D eigenvalue weighted by atomic mass is 16.3. The van der Waals surface area contributed by atoms with Crippen molar-refractivity contribution in [2.45, 2.75) is 83.8 Å². The molecular weight excluding hydrogens is 236 g/mol. The van der Waals surface area contributed by atoms with Crippen LogP contribution in [-0.2, 0) is 0 Å². The lowest BCUT2D eigenvalue weighted by molar-refractivity contribution is 0.120. The molecule has 114 valence electrons. The fourth-order valence-electron chi connectivity index (χ4n) is 3.39. The van der Waals surface area contributed by atoms with Gasteiger partial charge in [0.15, 0.2) is 0 Å². The molecule has 1 rings (SSSR count). The van der Waals surface area contributed by atoms with Gasteiger partial charge in [0.1, 0.15) is 0 Å². The van der Waals surface area contributed by atoms with E-state index in [0.29, 0.717) is 11.6 Å². The molecule has 0 aromatic heterocycles. The molecule has 2 N–H and O–H groups in total. The highest BCUT2D eigenvalue weighted by molar-refractivity contribution is 4.90. The summed E-state index contributed by atoms with van der Waals surface area (Å²) in [6, 6.07) is 0.426. The molecule has 1 heterocycles. The van der Waals surface area contributed by atoms with Gasteiger partial charge in [0.2, 0.25) is 0 Å². The lowest BCUT2D eigenvalue weighted by Crippen LogP contribution is -2.51. The first kappa shape index (κ1) is 16.9. The van der Waals surface area contributed by atoms with Crippen molar-refractivity contribution in [2.75, 3.05) is 19.7 Å². The zero-order chi connectivity index (χ0) is 14.5. The Morgan fingerprint density at radius 2 is 2.05 bits per heavy atom. The molecule has 1 aliphatic heterocycles. The van der Waals surface area contributed by atoms with E-state index in [-0.39, 0.29) is 12.1 Å². The van der Waals surface area contributed by atoms with E-state index in [0.717, 1.165) is 25.8 Å². The molecule has 0 saturated carbocycles. The Morgan fingerprint density at radius 3 is 2.47 bits per heavy atom. The number of aliphatic hydroxyl groups excluding tert-OH is 1. The number of hydrogen-bond donors (Lipinski definition) is 2. The van der Waals surface area contributed by atoms with E-state index in [1.165, 1.54) is 19.4 Å². The standard InChI is InChI=1S/C16H34N2O/c1-6-16(13-19,17-14(2)3)10-8-12-18-11-7-9-15(18,4)5/h14,17,19H,6-13H2,1-5H3. The molecule has 0 aromatic rings. The van der Waals surface area contributed by atoms with Gasteiger partial charge in [-0.05, 0) is 59.0 Å². The van der Waals surface area contributed by atoms with Gasteiger partial charge >= 0.3 is 0 Å². The third-order valence-electron chi connectivity index (χ3n) is 4.73. The van der Waals surface area contributed by atoms with E-state index in [1.54, 1.807) is 0 Å². The summed E-state index contributed by atoms with van der Waals surface area (Å²) >= 11 is 0. The topological polar surface area (TPSA) is 35.5 Å². The average molecular weight is 270 g/mol. The molecule has 3 heteroatoms. The minimum atomic E-state index is -0.0853. The third kappa shape index (κ3) is 4.73. The molecule has 19 heavy (non-hydrogen) atoms. The molecule has 0 aromatic carbocycles. The van der Waals surface area contributed by atoms with Gasteiger partial charge in [-0.3, -0.25) is 4.90 Å². The van der Waals surface area contributed by atoms with Crippen molar-refractivity contribution in [3.63, 3.8) is 0 Å². The Morgan fingerprint density at radius 1 is 1.37 bits per heavy atom. The van der Waals surface area contributed by atoms with Gasteiger partial charge in [-0.15, -0.1) is 0 Å². The van der Waals surface area contributed by atoms with Gasteiger partial charge in [0, 0.05) is 17.1 Å². The summed E-state index contributed by atoms with van der Waals surface area (Å²) in [6.07, 6.45) is 5.86. The smallest absolute Gasteiger partial charge is 0.0613 e. The van der Waals surface area contributed by atoms with Crippen molar-refractivity contribution in [1.82, 2.24) is 10.2 Å². The van der Waals surface area contributed by atoms with Crippen LogP contribution in [0.3, 0.4) is 0 Å². The van der Waals surface area contributed by atoms with Crippen LogP contribution in [0.15, 0.2) is 0 Å². The van der Waals surface area contributed by atoms with E-state index >= 15 is 0 Å². The van der Waals surface area contributed by atoms with Crippen LogP contribution >= 0.6 is 0 Å². The maximum absolute atomic E-state index is 9.74. The van der Waals surface area contributed by atoms with E-state index in [9.17, 15) is 5.11 Å². The summed E-state index contributed by atoms with van der Waals surface area (Å²) in [5.74, 6) is 0. The molecule has 1 aliphatic rings. The van der Waals surface area contributed by atoms with Crippen molar-refractivity contribution in [3.8, 4) is 0 Å². The van der Waals surface area contributed by atoms with Gasteiger partial charge in [-0.2, -0.15) is 0 Å². The zero-order valence-electron chi connectivity index (χ0n) is 13.6. The highest BCUT2D eigenvalue weighted by Gasteiger charge is 2.32. The predicted molar refractivity (Wildman–Crippen MR) is 82.5 cm³/mol. The van der Waals surface area contributed by atoms with Crippen LogP contribution in [0.1, 0.15) is 66.7 Å². The van der Waals surface area contributed by atoms with E-state index in [4.69, 9.17) is 0 Å². The lowest BCUT2D eigenvalue weighted by atomic mass is 9.90. The molecular formula is C16H34N2O. The van der Waals surface area contributed by atoms with Gasteiger partial charge in [-0.25, -0.2) is 0 Å². The molecule has 0 amide bonds. The van der Waals surface area contributed by atoms with Crippen LogP contribution in [0, 0.1) is 0 Å². The largest absolute Gasteiger partial charge is 0.394 e. The summed E-state index contributed by atoms with van der Waals surface area (Å²) in [7, 11) is 0. The molecule has 1 unspecified atom stereocenters. The summed E-state index contributed by atoms with van der Waals surface area (Å²) in [6.45, 7) is 13.8. The van der Waals surface area contributed by atoms with Crippen LogP contribution in [0.25, 0.3) is 0 Å². The van der Waals surface area contributed by atoms with Gasteiger partial charge in [0.05, 0.1) is 6.61 Å². The maximum atomic E-state index is 9.74. The first-order valence-corrected chi connectivity index (χ1v) is 7.99. The zero-order valence-corrected chi connectivity index (χ0v) is 13.6. The van der Waals surface area contributed by atoms with E-state index in [1.807, 2.05) is 0 Å². The van der Waals surface area contributed by atoms with E-state index < -0.39 is 0 Å². The second kappa shape index (κ2) is 7.05. The first-order chi connectivity index (χ1) is 8.85. The minimum Gasteiger partial charge on any atom is -0.394 e. The minimum absolute atomic E-state index is 0.0853. The maximum Gasteiger partial charge on any atom is 0.0613 e. The SMILES string of the molecule is CCC(CO)(CCCN1CCCC1(C)C)NC(C)C. The quantitative estimate of drug-likeness (QED) is 0.712. The predicted octanol–water partition coefficient (Wildman–Crippen LogP) is 2.78. The summed E-state index contributed by atoms with van der Waals surface area (Å²) < 4.78 is 0. The van der Waals surface area contributed by atoms with Crippen LogP contribution < -0.4 is 5.32 Å². The first-order valence-electron chi connectivity index (χ1n) is 7.99. The lowest BCUT2D eigenvalue weighted by Gasteiger charge is -2.36. The third-order valence-corrected chi connectivity index (χ3v) is 4.73. The number of rotatable bonds is 8. The fourth-order valence-corrected chi connectivity index (χ4v) is 3.39. The summed E-state index contributed by atoms with van der Waals surface area (Å²) in [5, 5.41) is 13.3. The summed E-state index contributed by atoms with van der Waals surface area (Å²) in [4.78, 5) is 2.61. The van der Waals surface area contributed by atoms with Crippen molar-refractivity contribution >= 4 is 0 Å². The molecule has 1 saturated heterocycles. The normalized spacial score (nSPS) is 22.9. The van der Waals surface area contributed by atoms with Crippen LogP contribution in [0.4, 0.5) is 0 Å². The van der Waals surface area contributed by atoms with Crippen LogP contribution in [0.2, 0.25) is 0 Å². The number of nitrogens with one attached hydrogen (secondary N) is 1. The van der Waals surface area contributed by atoms with Crippen molar-refractivity contribution in [2.24, 2.45) is 0 Å². The Labute approximate surface area is 119 Å². The Bertz CT molecular complexity index is 259. The van der Waals surface area contributed by atoms with Crippen LogP contribution in [0.5, 0.6) is 0 Å². The monoisotopic (exact) mass is 270 g/mol. The molecule has 1 atom stereocenters. The van der Waals surface area contributed by atoms with Gasteiger partial charge < -0.3 is 10.4 Å². The second-order valence-electron chi connectivity index (χ2n) is 7.10. The van der Waals surface area contributed by atoms with Crippen molar-refractivity contribution in [3.05, 3.63) is 0 Å². The molecule has 0 spiro atoms. The van der Waals surface area contributed by atoms with Crippen LogP contribution in [-0.4, -0.2) is 46.8 Å². The number of likely N-dealkylation sites (tertiary alicyclic amines) is 1. The molecule has 0 bridgehead atoms. The van der Waals surface area contributed by atoms with E-state index in [2.05, 4.69) is 44.8 Å². The molecule has 1 fully saturated rings. The highest BCUT2D eigenvalue weighted by Crippen LogP contribution is 2.29. The fraction of sp³-hybridized carbons (Fsp3) is 1.00. The second-order valence-corrected chi connectivity index (χ2v) is 7.10. The number of nitrogens with zero attached hydrogens (tertiary/aromatic N) is 1. The molecule has 0 aliphatic carbocycles. The average Bonchev–Trinajstić information content (AvgIpc) is 2.67. The number of aliphatic hydroxyl groups is 1. The summed E-state index contributed by atoms with van der Waals surface area (Å²) in [5.41, 5.74) is 0.289. The Kier molecular flexibility index (Phi) is 6.28. The van der Waals surface area contributed by atoms with Gasteiger partial charge in [0.25, 0.3) is 0 Å². The number of hydrogen-bond acceptors (Lipinski definition) is 3. The molecule has 0 radical (unpaired) electrons. The Hall–Kier alpha value is -0.120. The molecule has 3 nitrogen and oxygen atoms in total. The Balaban J connectivity index is 2.44. The van der Waals surface area contributed by atoms with Crippen molar-refractivity contribution < 1.29 is 5.11 Å². The van der Waals surface area contributed by atoms with Gasteiger partial charge in [-0.1, -0.05) is 20.8 Å².